The van der Waals surface area contributed by atoms with E-state index in [0.29, 0.717) is 0 Å². The minimum Gasteiger partial charge on any atom is -0.388 e. The minimum atomic E-state index is -2.10. The summed E-state index contributed by atoms with van der Waals surface area (Å²) < 4.78 is 9.87. The Hall–Kier alpha value is 1.36. The molecule has 1 aliphatic heterocycles. The molecule has 1 fully saturated rings. The fourth-order valence-electron chi connectivity index (χ4n) is 0.849. The van der Waals surface area contributed by atoms with Crippen molar-refractivity contribution in [1.29, 1.82) is 0 Å². The van der Waals surface area contributed by atoms with Gasteiger partial charge in [0, 0.05) is 32.0 Å². The van der Waals surface area contributed by atoms with Crippen molar-refractivity contribution in [3.8, 4) is 0 Å². The van der Waals surface area contributed by atoms with Gasteiger partial charge in [-0.05, 0) is 6.42 Å². The predicted octanol–water partition coefficient (Wildman–Crippen LogP) is 3.17. The van der Waals surface area contributed by atoms with E-state index in [4.69, 9.17) is 4.52 Å². The van der Waals surface area contributed by atoms with Crippen molar-refractivity contribution < 1.29 is 14.2 Å². The van der Waals surface area contributed by atoms with Crippen LogP contribution in [0.3, 0.4) is 0 Å². The largest absolute Gasteiger partial charge is 0.388 e. The molecule has 1 N–H and O–H groups in total. The van der Waals surface area contributed by atoms with Gasteiger partial charge in [-0.2, -0.15) is 4.52 Å². The van der Waals surface area contributed by atoms with Gasteiger partial charge in [0.2, 0.25) is 0 Å². The van der Waals surface area contributed by atoms with Crippen LogP contribution in [0.25, 0.3) is 0 Å². The highest BCUT2D eigenvalue weighted by Crippen LogP contribution is 2.64. The normalized spacial score (nSPS) is 25.0. The van der Waals surface area contributed by atoms with E-state index in [1.54, 1.807) is 14.2 Å². The molecule has 2 atom stereocenters. The molecule has 0 radical (unpaired) electrons. The number of ether oxygens (including phenoxy) is 1. The first-order chi connectivity index (χ1) is 7.05. The SMILES string of the molecule is COC.CS[P+](C)(O)O[C@@H]1CCSSC1. The van der Waals surface area contributed by atoms with Crippen LogP contribution in [0.1, 0.15) is 6.42 Å². The lowest BCUT2D eigenvalue weighted by Gasteiger charge is -2.21. The summed E-state index contributed by atoms with van der Waals surface area (Å²) in [6.07, 6.45) is 3.25. The fraction of sp³-hybridized carbons (Fsp3) is 1.00. The molecule has 1 rings (SSSR count). The summed E-state index contributed by atoms with van der Waals surface area (Å²) in [5.74, 6) is 2.16. The van der Waals surface area contributed by atoms with E-state index in [0.717, 1.165) is 17.9 Å². The molecule has 0 aromatic carbocycles. The number of methoxy groups -OCH3 is 1. The molecule has 7 heteroatoms. The maximum atomic E-state index is 9.71. The van der Waals surface area contributed by atoms with Gasteiger partial charge in [0.1, 0.15) is 12.8 Å². The highest BCUT2D eigenvalue weighted by atomic mass is 33.1. The van der Waals surface area contributed by atoms with Crippen LogP contribution in [0.5, 0.6) is 0 Å². The second kappa shape index (κ2) is 9.40. The van der Waals surface area contributed by atoms with Crippen LogP contribution in [0, 0.1) is 0 Å². The van der Waals surface area contributed by atoms with E-state index in [2.05, 4.69) is 4.74 Å². The molecule has 1 unspecified atom stereocenters. The molecular weight excluding hydrogens is 271 g/mol. The maximum Gasteiger partial charge on any atom is 0.327 e. The maximum absolute atomic E-state index is 9.71. The second-order valence-electron chi connectivity index (χ2n) is 3.02. The van der Waals surface area contributed by atoms with Crippen molar-refractivity contribution in [2.45, 2.75) is 12.5 Å². The molecule has 15 heavy (non-hydrogen) atoms. The standard InChI is InChI=1S/C6H14O2PS3.C2H6O/c1-9(7,10-2)8-6-3-4-11-12-5-6;1-3-2/h6-7H,3-5H2,1-2H3;1-2H3/q+1;/t6-,9?;/m1./s1. The molecule has 0 spiro atoms. The summed E-state index contributed by atoms with van der Waals surface area (Å²) in [6, 6.07) is 0. The lowest BCUT2D eigenvalue weighted by Crippen LogP contribution is -2.18. The summed E-state index contributed by atoms with van der Waals surface area (Å²) in [5, 5.41) is 0. The number of rotatable bonds is 3. The Balaban J connectivity index is 0.000000583. The zero-order chi connectivity index (χ0) is 11.7. The van der Waals surface area contributed by atoms with Gasteiger partial charge in [0.25, 0.3) is 0 Å². The molecule has 92 valence electrons. The molecule has 1 aliphatic rings. The molecule has 1 heterocycles. The summed E-state index contributed by atoms with van der Waals surface area (Å²) in [6.45, 7) is -0.288. The third-order valence-electron chi connectivity index (χ3n) is 1.54. The third-order valence-corrected chi connectivity index (χ3v) is 7.69. The van der Waals surface area contributed by atoms with Crippen LogP contribution in [0.2, 0.25) is 0 Å². The van der Waals surface area contributed by atoms with Crippen LogP contribution in [-0.2, 0) is 9.26 Å². The predicted molar refractivity (Wildman–Crippen MR) is 75.9 cm³/mol. The van der Waals surface area contributed by atoms with Crippen molar-refractivity contribution in [2.24, 2.45) is 0 Å². The topological polar surface area (TPSA) is 38.7 Å². The molecule has 0 saturated carbocycles. The quantitative estimate of drug-likeness (QED) is 0.636. The van der Waals surface area contributed by atoms with Crippen LogP contribution >= 0.6 is 39.9 Å². The summed E-state index contributed by atoms with van der Waals surface area (Å²) in [5.41, 5.74) is 0. The summed E-state index contributed by atoms with van der Waals surface area (Å²) in [4.78, 5) is 9.71. The van der Waals surface area contributed by atoms with E-state index in [1.165, 1.54) is 11.4 Å². The lowest BCUT2D eigenvalue weighted by molar-refractivity contribution is 0.221. The lowest BCUT2D eigenvalue weighted by atomic mass is 10.3. The Morgan fingerprint density at radius 2 is 2.00 bits per heavy atom. The third kappa shape index (κ3) is 9.10. The molecule has 1 saturated heterocycles. The van der Waals surface area contributed by atoms with Gasteiger partial charge in [0.15, 0.2) is 0 Å². The van der Waals surface area contributed by atoms with Crippen molar-refractivity contribution in [1.82, 2.24) is 0 Å². The van der Waals surface area contributed by atoms with E-state index in [9.17, 15) is 4.89 Å². The van der Waals surface area contributed by atoms with Gasteiger partial charge >= 0.3 is 6.92 Å². The van der Waals surface area contributed by atoms with Gasteiger partial charge in [0.05, 0.1) is 11.4 Å². The van der Waals surface area contributed by atoms with Gasteiger partial charge < -0.3 is 4.74 Å². The Morgan fingerprint density at radius 1 is 1.40 bits per heavy atom. The van der Waals surface area contributed by atoms with Crippen molar-refractivity contribution in [3.63, 3.8) is 0 Å². The average molecular weight is 291 g/mol. The molecular formula is C8H20O3PS3+. The average Bonchev–Trinajstić information content (AvgIpc) is 2.20. The zero-order valence-electron chi connectivity index (χ0n) is 9.63. The molecule has 0 aromatic rings. The van der Waals surface area contributed by atoms with Crippen molar-refractivity contribution in [2.75, 3.05) is 38.6 Å². The van der Waals surface area contributed by atoms with E-state index < -0.39 is 6.92 Å². The minimum absolute atomic E-state index is 0.270. The number of hydrogen-bond acceptors (Lipinski definition) is 6. The second-order valence-corrected chi connectivity index (χ2v) is 11.0. The molecule has 0 amide bonds. The molecule has 0 aromatic heterocycles. The first-order valence-corrected chi connectivity index (χ1v) is 11.0. The van der Waals surface area contributed by atoms with E-state index >= 15 is 0 Å². The van der Waals surface area contributed by atoms with Gasteiger partial charge in [-0.25, -0.2) is 4.89 Å². The first kappa shape index (κ1) is 16.4. The van der Waals surface area contributed by atoms with Crippen molar-refractivity contribution in [3.05, 3.63) is 0 Å². The highest BCUT2D eigenvalue weighted by Gasteiger charge is 2.35. The van der Waals surface area contributed by atoms with Gasteiger partial charge in [-0.1, -0.05) is 21.6 Å². The smallest absolute Gasteiger partial charge is 0.327 e. The van der Waals surface area contributed by atoms with Crippen LogP contribution in [0.4, 0.5) is 0 Å². The molecule has 3 nitrogen and oxygen atoms in total. The van der Waals surface area contributed by atoms with Crippen molar-refractivity contribution >= 4 is 39.9 Å². The van der Waals surface area contributed by atoms with Crippen LogP contribution in [0.15, 0.2) is 0 Å². The first-order valence-electron chi connectivity index (χ1n) is 4.53. The Labute approximate surface area is 105 Å². The van der Waals surface area contributed by atoms with Gasteiger partial charge in [-0.3, -0.25) is 0 Å². The molecule has 0 aliphatic carbocycles. The Morgan fingerprint density at radius 3 is 2.40 bits per heavy atom. The number of hydrogen-bond donors (Lipinski definition) is 1. The fourth-order valence-corrected chi connectivity index (χ4v) is 4.74. The van der Waals surface area contributed by atoms with Crippen LogP contribution in [-0.4, -0.2) is 49.6 Å². The zero-order valence-corrected chi connectivity index (χ0v) is 13.0. The van der Waals surface area contributed by atoms with Gasteiger partial charge in [-0.15, -0.1) is 0 Å². The highest BCUT2D eigenvalue weighted by molar-refractivity contribution is 8.76. The summed E-state index contributed by atoms with van der Waals surface area (Å²) in [7, 11) is 6.99. The summed E-state index contributed by atoms with van der Waals surface area (Å²) >= 11 is 1.45. The van der Waals surface area contributed by atoms with E-state index in [1.807, 2.05) is 34.5 Å². The van der Waals surface area contributed by atoms with Crippen LogP contribution < -0.4 is 0 Å². The van der Waals surface area contributed by atoms with E-state index in [-0.39, 0.29) is 6.10 Å². The Bertz CT molecular complexity index is 154. The Kier molecular flexibility index (Phi) is 10.2. The molecule has 0 bridgehead atoms. The monoisotopic (exact) mass is 291 g/mol.